The number of carbonyl (C=O) groups excluding carboxylic acids is 1. The van der Waals surface area contributed by atoms with Crippen molar-refractivity contribution in [2.24, 2.45) is 0 Å². The molecule has 0 aliphatic carbocycles. The molecule has 0 aliphatic rings. The molecule has 3 rings (SSSR count). The van der Waals surface area contributed by atoms with E-state index in [1.807, 2.05) is 30.3 Å². The van der Waals surface area contributed by atoms with Crippen LogP contribution in [-0.4, -0.2) is 53.6 Å². The molecule has 0 fully saturated rings. The van der Waals surface area contributed by atoms with Crippen LogP contribution in [-0.2, 0) is 19.9 Å². The molecular formula is C25H26F3N3O5S3. The average molecular weight is 602 g/mol. The van der Waals surface area contributed by atoms with Gasteiger partial charge in [-0.3, -0.25) is 4.79 Å². The number of thioether (sulfide) groups is 1. The summed E-state index contributed by atoms with van der Waals surface area (Å²) in [5.74, 6) is -0.646. The SMILES string of the molecule is CNCCC(CSc1ccccc1)Nc1ccc(S(=O)(=O)NC(=O)c2ccccc2)cc1S(=O)(=O)C(F)(F)F. The summed E-state index contributed by atoms with van der Waals surface area (Å²) in [6.45, 7) is 0.479. The van der Waals surface area contributed by atoms with Gasteiger partial charge in [-0.1, -0.05) is 36.4 Å². The third-order valence-corrected chi connectivity index (χ3v) is 9.45. The Morgan fingerprint density at radius 2 is 1.54 bits per heavy atom. The summed E-state index contributed by atoms with van der Waals surface area (Å²) < 4.78 is 93.3. The van der Waals surface area contributed by atoms with Gasteiger partial charge in [0, 0.05) is 22.3 Å². The summed E-state index contributed by atoms with van der Waals surface area (Å²) in [5, 5.41) is 5.80. The third kappa shape index (κ3) is 7.97. The fourth-order valence-electron chi connectivity index (χ4n) is 3.41. The van der Waals surface area contributed by atoms with Crippen LogP contribution >= 0.6 is 11.8 Å². The molecule has 3 aromatic carbocycles. The molecule has 3 aromatic rings. The smallest absolute Gasteiger partial charge is 0.380 e. The first-order valence-corrected chi connectivity index (χ1v) is 15.5. The highest BCUT2D eigenvalue weighted by molar-refractivity contribution is 7.99. The molecule has 3 N–H and O–H groups in total. The number of carbonyl (C=O) groups is 1. The molecule has 0 saturated carbocycles. The molecule has 0 saturated heterocycles. The molecule has 1 amide bonds. The zero-order valence-corrected chi connectivity index (χ0v) is 23.1. The topological polar surface area (TPSA) is 121 Å². The molecule has 14 heteroatoms. The van der Waals surface area contributed by atoms with Gasteiger partial charge in [0.1, 0.15) is 4.90 Å². The molecule has 0 aliphatic heterocycles. The van der Waals surface area contributed by atoms with Crippen LogP contribution in [0, 0.1) is 0 Å². The maximum atomic E-state index is 13.6. The van der Waals surface area contributed by atoms with Gasteiger partial charge in [-0.05, 0) is 62.5 Å². The molecule has 8 nitrogen and oxygen atoms in total. The van der Waals surface area contributed by atoms with Crippen molar-refractivity contribution in [3.05, 3.63) is 84.4 Å². The molecule has 0 aromatic heterocycles. The zero-order chi connectivity index (χ0) is 28.7. The first-order chi connectivity index (χ1) is 18.3. The van der Waals surface area contributed by atoms with E-state index in [1.54, 1.807) is 17.8 Å². The molecule has 1 unspecified atom stereocenters. The minimum Gasteiger partial charge on any atom is -0.380 e. The van der Waals surface area contributed by atoms with Crippen molar-refractivity contribution in [3.8, 4) is 0 Å². The van der Waals surface area contributed by atoms with E-state index in [1.165, 1.54) is 36.0 Å². The predicted octanol–water partition coefficient (Wildman–Crippen LogP) is 4.28. The Kier molecular flexibility index (Phi) is 10.0. The molecular weight excluding hydrogens is 575 g/mol. The monoisotopic (exact) mass is 601 g/mol. The van der Waals surface area contributed by atoms with Crippen LogP contribution in [0.1, 0.15) is 16.8 Å². The van der Waals surface area contributed by atoms with Crippen molar-refractivity contribution in [2.75, 3.05) is 24.7 Å². The number of anilines is 1. The Morgan fingerprint density at radius 3 is 2.13 bits per heavy atom. The molecule has 0 bridgehead atoms. The van der Waals surface area contributed by atoms with Crippen molar-refractivity contribution < 1.29 is 34.8 Å². The highest BCUT2D eigenvalue weighted by atomic mass is 32.2. The van der Waals surface area contributed by atoms with Crippen molar-refractivity contribution in [2.45, 2.75) is 32.7 Å². The maximum Gasteiger partial charge on any atom is 0.501 e. The minimum absolute atomic E-state index is 0.00853. The van der Waals surface area contributed by atoms with Gasteiger partial charge in [-0.15, -0.1) is 11.8 Å². The van der Waals surface area contributed by atoms with Gasteiger partial charge in [0.15, 0.2) is 0 Å². The predicted molar refractivity (Wildman–Crippen MR) is 144 cm³/mol. The Bertz CT molecular complexity index is 1490. The first kappa shape index (κ1) is 30.5. The van der Waals surface area contributed by atoms with Gasteiger partial charge in [-0.25, -0.2) is 21.6 Å². The number of sulfonamides is 1. The van der Waals surface area contributed by atoms with Crippen LogP contribution in [0.2, 0.25) is 0 Å². The van der Waals surface area contributed by atoms with E-state index in [0.29, 0.717) is 24.8 Å². The maximum absolute atomic E-state index is 13.6. The van der Waals surface area contributed by atoms with Crippen molar-refractivity contribution in [1.29, 1.82) is 0 Å². The van der Waals surface area contributed by atoms with E-state index in [9.17, 15) is 34.8 Å². The zero-order valence-electron chi connectivity index (χ0n) is 20.6. The second-order valence-corrected chi connectivity index (χ2v) is 13.0. The minimum atomic E-state index is -5.97. The average Bonchev–Trinajstić information content (AvgIpc) is 2.90. The van der Waals surface area contributed by atoms with Gasteiger partial charge in [0.05, 0.1) is 10.6 Å². The van der Waals surface area contributed by atoms with Crippen molar-refractivity contribution in [1.82, 2.24) is 10.0 Å². The Morgan fingerprint density at radius 1 is 0.923 bits per heavy atom. The quantitative estimate of drug-likeness (QED) is 0.263. The van der Waals surface area contributed by atoms with Crippen LogP contribution in [0.5, 0.6) is 0 Å². The number of amides is 1. The second kappa shape index (κ2) is 12.9. The fraction of sp³-hybridized carbons (Fsp3) is 0.240. The molecule has 0 heterocycles. The molecule has 39 heavy (non-hydrogen) atoms. The Hall–Kier alpha value is -3.07. The standard InChI is InChI=1S/C25H26F3N3O5S3/c1-29-15-14-19(17-37-20-10-6-3-7-11-20)30-22-13-12-21(16-23(22)38(33,34)25(26,27)28)39(35,36)31-24(32)18-8-4-2-5-9-18/h2-13,16,19,29-30H,14-15,17H2,1H3,(H,31,32). The van der Waals surface area contributed by atoms with Gasteiger partial charge in [0.25, 0.3) is 25.8 Å². The van der Waals surface area contributed by atoms with Crippen LogP contribution in [0.4, 0.5) is 18.9 Å². The van der Waals surface area contributed by atoms with Crippen LogP contribution in [0.3, 0.4) is 0 Å². The highest BCUT2D eigenvalue weighted by Gasteiger charge is 2.48. The van der Waals surface area contributed by atoms with Crippen LogP contribution in [0.25, 0.3) is 0 Å². The summed E-state index contributed by atoms with van der Waals surface area (Å²) in [6.07, 6.45) is 0.426. The van der Waals surface area contributed by atoms with E-state index in [0.717, 1.165) is 17.0 Å². The van der Waals surface area contributed by atoms with E-state index >= 15 is 0 Å². The largest absolute Gasteiger partial charge is 0.501 e. The van der Waals surface area contributed by atoms with Crippen LogP contribution in [0.15, 0.2) is 93.5 Å². The highest BCUT2D eigenvalue weighted by Crippen LogP contribution is 2.36. The number of sulfone groups is 1. The summed E-state index contributed by atoms with van der Waals surface area (Å²) >= 11 is 1.42. The number of rotatable bonds is 12. The van der Waals surface area contributed by atoms with Crippen LogP contribution < -0.4 is 15.4 Å². The molecule has 1 atom stereocenters. The van der Waals surface area contributed by atoms with Gasteiger partial charge < -0.3 is 10.6 Å². The van der Waals surface area contributed by atoms with Gasteiger partial charge in [-0.2, -0.15) is 13.2 Å². The normalized spacial score (nSPS) is 13.0. The number of alkyl halides is 3. The molecule has 210 valence electrons. The number of hydrogen-bond acceptors (Lipinski definition) is 8. The Balaban J connectivity index is 1.97. The summed E-state index contributed by atoms with van der Waals surface area (Å²) in [5.41, 5.74) is -6.11. The lowest BCUT2D eigenvalue weighted by atomic mass is 10.2. The van der Waals surface area contributed by atoms with E-state index < -0.39 is 52.8 Å². The number of hydrogen-bond donors (Lipinski definition) is 3. The summed E-state index contributed by atoms with van der Waals surface area (Å²) in [7, 11) is -8.98. The van der Waals surface area contributed by atoms with Crippen molar-refractivity contribution in [3.63, 3.8) is 0 Å². The first-order valence-electron chi connectivity index (χ1n) is 11.5. The lowest BCUT2D eigenvalue weighted by molar-refractivity contribution is -0.0435. The van der Waals surface area contributed by atoms with E-state index in [2.05, 4.69) is 10.6 Å². The van der Waals surface area contributed by atoms with E-state index in [4.69, 9.17) is 0 Å². The number of halogens is 3. The van der Waals surface area contributed by atoms with E-state index in [-0.39, 0.29) is 5.56 Å². The number of nitrogens with one attached hydrogen (secondary N) is 3. The molecule has 0 radical (unpaired) electrons. The second-order valence-electron chi connectivity index (χ2n) is 8.27. The van der Waals surface area contributed by atoms with Crippen molar-refractivity contribution >= 4 is 43.2 Å². The fourth-order valence-corrected chi connectivity index (χ4v) is 6.43. The third-order valence-electron chi connectivity index (χ3n) is 5.42. The molecule has 0 spiro atoms. The Labute approximate surface area is 229 Å². The van der Waals surface area contributed by atoms with Gasteiger partial charge in [0.2, 0.25) is 0 Å². The lowest BCUT2D eigenvalue weighted by Gasteiger charge is -2.22. The lowest BCUT2D eigenvalue weighted by Crippen LogP contribution is -2.32. The number of benzene rings is 3. The van der Waals surface area contributed by atoms with Gasteiger partial charge >= 0.3 is 5.51 Å². The summed E-state index contributed by atoms with van der Waals surface area (Å²) in [6, 6.07) is 18.4. The summed E-state index contributed by atoms with van der Waals surface area (Å²) in [4.78, 5) is 11.2.